The molecule has 1 heterocycles. The standard InChI is InChI=1S/C11H15N3O2/c1-6-13-10(14-16-6)5-12-11(15)9-3-7-2-8(7)4-9/h7-9H,2-5H2,1H3,(H,12,15). The second-order valence-electron chi connectivity index (χ2n) is 4.87. The quantitative estimate of drug-likeness (QED) is 0.828. The summed E-state index contributed by atoms with van der Waals surface area (Å²) < 4.78 is 4.83. The molecular weight excluding hydrogens is 206 g/mol. The summed E-state index contributed by atoms with van der Waals surface area (Å²) in [6.45, 7) is 2.12. The van der Waals surface area contributed by atoms with Crippen molar-refractivity contribution in [1.29, 1.82) is 0 Å². The maximum Gasteiger partial charge on any atom is 0.223 e. The van der Waals surface area contributed by atoms with Gasteiger partial charge in [-0.25, -0.2) is 0 Å². The Morgan fingerprint density at radius 1 is 1.44 bits per heavy atom. The lowest BCUT2D eigenvalue weighted by atomic mass is 10.0. The average molecular weight is 221 g/mol. The van der Waals surface area contributed by atoms with E-state index in [1.54, 1.807) is 6.92 Å². The summed E-state index contributed by atoms with van der Waals surface area (Å²) >= 11 is 0. The third-order valence-electron chi connectivity index (χ3n) is 3.60. The number of nitrogens with zero attached hydrogens (tertiary/aromatic N) is 2. The van der Waals surface area contributed by atoms with Crippen LogP contribution in [-0.4, -0.2) is 16.0 Å². The van der Waals surface area contributed by atoms with Crippen LogP contribution in [0.4, 0.5) is 0 Å². The van der Waals surface area contributed by atoms with Crippen molar-refractivity contribution in [2.45, 2.75) is 32.7 Å². The van der Waals surface area contributed by atoms with E-state index in [0.717, 1.165) is 24.7 Å². The summed E-state index contributed by atoms with van der Waals surface area (Å²) in [5, 5.41) is 6.61. The van der Waals surface area contributed by atoms with E-state index in [0.29, 0.717) is 18.3 Å². The fourth-order valence-corrected chi connectivity index (χ4v) is 2.65. The number of hydrogen-bond acceptors (Lipinski definition) is 4. The molecule has 0 aliphatic heterocycles. The van der Waals surface area contributed by atoms with Gasteiger partial charge in [-0.2, -0.15) is 4.98 Å². The molecule has 5 nitrogen and oxygen atoms in total. The molecule has 1 aromatic rings. The first-order valence-corrected chi connectivity index (χ1v) is 5.79. The lowest BCUT2D eigenvalue weighted by molar-refractivity contribution is -0.125. The van der Waals surface area contributed by atoms with Crippen LogP contribution in [0, 0.1) is 24.7 Å². The van der Waals surface area contributed by atoms with Crippen molar-refractivity contribution in [2.24, 2.45) is 17.8 Å². The molecule has 2 unspecified atom stereocenters. The highest BCUT2D eigenvalue weighted by Gasteiger charge is 2.47. The van der Waals surface area contributed by atoms with Crippen LogP contribution in [0.1, 0.15) is 31.0 Å². The van der Waals surface area contributed by atoms with Gasteiger partial charge in [-0.3, -0.25) is 4.79 Å². The molecular formula is C11H15N3O2. The van der Waals surface area contributed by atoms with Crippen molar-refractivity contribution >= 4 is 5.91 Å². The summed E-state index contributed by atoms with van der Waals surface area (Å²) in [5.74, 6) is 3.12. The van der Waals surface area contributed by atoms with E-state index < -0.39 is 0 Å². The Morgan fingerprint density at radius 2 is 2.19 bits per heavy atom. The number of aryl methyl sites for hydroxylation is 1. The number of carbonyl (C=O) groups excluding carboxylic acids is 1. The molecule has 16 heavy (non-hydrogen) atoms. The van der Waals surface area contributed by atoms with Gasteiger partial charge >= 0.3 is 0 Å². The number of aromatic nitrogens is 2. The van der Waals surface area contributed by atoms with E-state index in [1.807, 2.05) is 0 Å². The van der Waals surface area contributed by atoms with Gasteiger partial charge < -0.3 is 9.84 Å². The minimum absolute atomic E-state index is 0.148. The van der Waals surface area contributed by atoms with Crippen LogP contribution < -0.4 is 5.32 Å². The molecule has 2 aliphatic rings. The Bertz CT molecular complexity index is 405. The van der Waals surface area contributed by atoms with E-state index >= 15 is 0 Å². The molecule has 0 spiro atoms. The van der Waals surface area contributed by atoms with E-state index in [-0.39, 0.29) is 11.8 Å². The third kappa shape index (κ3) is 1.81. The summed E-state index contributed by atoms with van der Waals surface area (Å²) in [7, 11) is 0. The first-order valence-electron chi connectivity index (χ1n) is 5.79. The first kappa shape index (κ1) is 9.81. The smallest absolute Gasteiger partial charge is 0.223 e. The minimum Gasteiger partial charge on any atom is -0.348 e. The zero-order valence-corrected chi connectivity index (χ0v) is 9.27. The van der Waals surface area contributed by atoms with Gasteiger partial charge in [0.05, 0.1) is 6.54 Å². The highest BCUT2D eigenvalue weighted by Crippen LogP contribution is 2.54. The molecule has 2 fully saturated rings. The van der Waals surface area contributed by atoms with Crippen LogP contribution in [0.5, 0.6) is 0 Å². The van der Waals surface area contributed by atoms with Crippen LogP contribution in [0.15, 0.2) is 4.52 Å². The molecule has 2 aliphatic carbocycles. The average Bonchev–Trinajstić information content (AvgIpc) is 2.71. The van der Waals surface area contributed by atoms with E-state index in [9.17, 15) is 4.79 Å². The Hall–Kier alpha value is -1.39. The molecule has 0 bridgehead atoms. The number of carbonyl (C=O) groups is 1. The van der Waals surface area contributed by atoms with Crippen molar-refractivity contribution in [3.63, 3.8) is 0 Å². The topological polar surface area (TPSA) is 68.0 Å². The maximum absolute atomic E-state index is 11.8. The van der Waals surface area contributed by atoms with Crippen molar-refractivity contribution in [3.05, 3.63) is 11.7 Å². The van der Waals surface area contributed by atoms with Gasteiger partial charge in [0.15, 0.2) is 5.82 Å². The van der Waals surface area contributed by atoms with Gasteiger partial charge in [0.2, 0.25) is 11.8 Å². The lowest BCUT2D eigenvalue weighted by Crippen LogP contribution is -2.29. The lowest BCUT2D eigenvalue weighted by Gasteiger charge is -2.10. The van der Waals surface area contributed by atoms with Gasteiger partial charge in [0.25, 0.3) is 0 Å². The largest absolute Gasteiger partial charge is 0.348 e. The highest BCUT2D eigenvalue weighted by atomic mass is 16.5. The fraction of sp³-hybridized carbons (Fsp3) is 0.727. The number of hydrogen-bond donors (Lipinski definition) is 1. The van der Waals surface area contributed by atoms with Gasteiger partial charge in [-0.05, 0) is 31.1 Å². The maximum atomic E-state index is 11.8. The second-order valence-corrected chi connectivity index (χ2v) is 4.87. The normalized spacial score (nSPS) is 31.2. The number of fused-ring (bicyclic) bond motifs is 1. The zero-order chi connectivity index (χ0) is 11.1. The molecule has 86 valence electrons. The molecule has 1 aromatic heterocycles. The van der Waals surface area contributed by atoms with Gasteiger partial charge in [0, 0.05) is 12.8 Å². The summed E-state index contributed by atoms with van der Waals surface area (Å²) in [6, 6.07) is 0. The monoisotopic (exact) mass is 221 g/mol. The van der Waals surface area contributed by atoms with Gasteiger partial charge in [0.1, 0.15) is 0 Å². The molecule has 0 radical (unpaired) electrons. The van der Waals surface area contributed by atoms with E-state index in [1.165, 1.54) is 6.42 Å². The summed E-state index contributed by atoms with van der Waals surface area (Å²) in [4.78, 5) is 15.8. The van der Waals surface area contributed by atoms with Gasteiger partial charge in [-0.15, -0.1) is 0 Å². The first-order chi connectivity index (χ1) is 7.72. The van der Waals surface area contributed by atoms with Crippen molar-refractivity contribution in [1.82, 2.24) is 15.5 Å². The molecule has 0 saturated heterocycles. The molecule has 5 heteroatoms. The molecule has 2 saturated carbocycles. The number of amides is 1. The van der Waals surface area contributed by atoms with Crippen LogP contribution in [0.25, 0.3) is 0 Å². The Morgan fingerprint density at radius 3 is 2.81 bits per heavy atom. The Labute approximate surface area is 93.6 Å². The number of nitrogens with one attached hydrogen (secondary N) is 1. The van der Waals surface area contributed by atoms with Crippen molar-refractivity contribution in [2.75, 3.05) is 0 Å². The zero-order valence-electron chi connectivity index (χ0n) is 9.27. The summed E-state index contributed by atoms with van der Waals surface area (Å²) in [5.41, 5.74) is 0. The minimum atomic E-state index is 0.148. The van der Waals surface area contributed by atoms with E-state index in [2.05, 4.69) is 15.5 Å². The van der Waals surface area contributed by atoms with Crippen LogP contribution in [0.2, 0.25) is 0 Å². The fourth-order valence-electron chi connectivity index (χ4n) is 2.65. The Kier molecular flexibility index (Phi) is 2.19. The highest BCUT2D eigenvalue weighted by molar-refractivity contribution is 5.79. The van der Waals surface area contributed by atoms with Crippen molar-refractivity contribution < 1.29 is 9.32 Å². The van der Waals surface area contributed by atoms with E-state index in [4.69, 9.17) is 4.52 Å². The molecule has 1 N–H and O–H groups in total. The van der Waals surface area contributed by atoms with Gasteiger partial charge in [-0.1, -0.05) is 5.16 Å². The third-order valence-corrected chi connectivity index (χ3v) is 3.60. The Balaban J connectivity index is 1.49. The predicted octanol–water partition coefficient (Wildman–Crippen LogP) is 1.04. The van der Waals surface area contributed by atoms with Crippen LogP contribution in [0.3, 0.4) is 0 Å². The molecule has 3 rings (SSSR count). The molecule has 2 atom stereocenters. The predicted molar refractivity (Wildman–Crippen MR) is 55.2 cm³/mol. The van der Waals surface area contributed by atoms with Crippen LogP contribution >= 0.6 is 0 Å². The number of rotatable bonds is 3. The second kappa shape index (κ2) is 3.57. The summed E-state index contributed by atoms with van der Waals surface area (Å²) in [6.07, 6.45) is 3.48. The molecule has 0 aromatic carbocycles. The molecule has 1 amide bonds. The van der Waals surface area contributed by atoms with Crippen LogP contribution in [-0.2, 0) is 11.3 Å². The van der Waals surface area contributed by atoms with Crippen molar-refractivity contribution in [3.8, 4) is 0 Å². The SMILES string of the molecule is Cc1nc(CNC(=O)C2CC3CC3C2)no1.